The second kappa shape index (κ2) is 5.51. The lowest BCUT2D eigenvalue weighted by molar-refractivity contribution is -0.128. The minimum atomic E-state index is -1.58. The van der Waals surface area contributed by atoms with Gasteiger partial charge in [-0.25, -0.2) is 0 Å². The molecule has 2 rings (SSSR count). The van der Waals surface area contributed by atoms with E-state index < -0.39 is 23.8 Å². The van der Waals surface area contributed by atoms with Gasteiger partial charge >= 0.3 is 0 Å². The third-order valence-corrected chi connectivity index (χ3v) is 3.53. The Hall–Kier alpha value is -2.83. The third-order valence-electron chi connectivity index (χ3n) is 3.53. The number of hydrogen-bond donors (Lipinski definition) is 3. The van der Waals surface area contributed by atoms with Crippen LogP contribution in [-0.2, 0) is 9.59 Å². The van der Waals surface area contributed by atoms with Gasteiger partial charge in [-0.15, -0.1) is 0 Å². The second-order valence-electron chi connectivity index (χ2n) is 5.17. The van der Waals surface area contributed by atoms with Crippen molar-refractivity contribution in [2.45, 2.75) is 26.8 Å². The Morgan fingerprint density at radius 2 is 1.59 bits per heavy atom. The molecule has 7 nitrogen and oxygen atoms in total. The van der Waals surface area contributed by atoms with Crippen LogP contribution in [0.5, 0.6) is 0 Å². The summed E-state index contributed by atoms with van der Waals surface area (Å²) >= 11 is 0. The highest BCUT2D eigenvalue weighted by Gasteiger charge is 2.27. The summed E-state index contributed by atoms with van der Waals surface area (Å²) in [5.74, 6) is -2.74. The topological polar surface area (TPSA) is 128 Å². The van der Waals surface area contributed by atoms with Gasteiger partial charge in [-0.05, 0) is 31.9 Å². The molecule has 0 fully saturated rings. The van der Waals surface area contributed by atoms with E-state index in [2.05, 4.69) is 5.32 Å². The zero-order chi connectivity index (χ0) is 16.6. The average molecular weight is 303 g/mol. The molecule has 0 aliphatic carbocycles. The number of hydrogen-bond acceptors (Lipinski definition) is 4. The summed E-state index contributed by atoms with van der Waals surface area (Å²) in [6.45, 7) is 5.50. The van der Waals surface area contributed by atoms with Crippen LogP contribution < -0.4 is 16.8 Å². The molecular weight excluding hydrogens is 286 g/mol. The van der Waals surface area contributed by atoms with Gasteiger partial charge in [0.05, 0.1) is 0 Å². The van der Waals surface area contributed by atoms with Crippen molar-refractivity contribution in [3.63, 3.8) is 0 Å². The molecule has 1 aromatic heterocycles. The van der Waals surface area contributed by atoms with E-state index in [4.69, 9.17) is 15.9 Å². The Kier molecular flexibility index (Phi) is 3.90. The first kappa shape index (κ1) is 15.6. The van der Waals surface area contributed by atoms with Gasteiger partial charge in [0.2, 0.25) is 11.8 Å². The minimum absolute atomic E-state index is 0.0277. The van der Waals surface area contributed by atoms with Gasteiger partial charge in [-0.1, -0.05) is 12.1 Å². The van der Waals surface area contributed by atoms with Crippen LogP contribution in [0.3, 0.4) is 0 Å². The summed E-state index contributed by atoms with van der Waals surface area (Å²) in [6.07, 6.45) is 0. The van der Waals surface area contributed by atoms with Crippen LogP contribution in [0.15, 0.2) is 16.5 Å². The summed E-state index contributed by atoms with van der Waals surface area (Å²) in [5, 5.41) is 3.02. The van der Waals surface area contributed by atoms with E-state index in [1.807, 2.05) is 26.0 Å². The smallest absolute Gasteiger partial charge is 0.288 e. The van der Waals surface area contributed by atoms with Gasteiger partial charge in [0.1, 0.15) is 5.58 Å². The summed E-state index contributed by atoms with van der Waals surface area (Å²) in [7, 11) is 0. The maximum absolute atomic E-state index is 12.3. The number of furan rings is 1. The summed E-state index contributed by atoms with van der Waals surface area (Å²) in [6, 6.07) is 2.23. The number of fused-ring (bicyclic) bond motifs is 1. The highest BCUT2D eigenvalue weighted by molar-refractivity contribution is 6.09. The predicted octanol–water partition coefficient (Wildman–Crippen LogP) is 0.427. The standard InChI is InChI=1S/C15H17N3O4/c1-6-4-5-7(2)11-9(6)8(3)12(22-11)15(21)18-10(13(16)19)14(17)20/h4-5,10H,1-3H3,(H2,16,19)(H2,17,20)(H,18,21). The van der Waals surface area contributed by atoms with E-state index in [1.54, 1.807) is 6.92 Å². The number of carbonyl (C=O) groups excluding carboxylic acids is 3. The maximum atomic E-state index is 12.3. The van der Waals surface area contributed by atoms with E-state index in [-0.39, 0.29) is 5.76 Å². The first-order valence-corrected chi connectivity index (χ1v) is 6.62. The van der Waals surface area contributed by atoms with E-state index >= 15 is 0 Å². The van der Waals surface area contributed by atoms with E-state index in [9.17, 15) is 14.4 Å². The Morgan fingerprint density at radius 3 is 2.09 bits per heavy atom. The molecule has 1 heterocycles. The molecule has 0 spiro atoms. The molecular formula is C15H17N3O4. The first-order chi connectivity index (χ1) is 10.2. The Labute approximate surface area is 126 Å². The van der Waals surface area contributed by atoms with Gasteiger partial charge in [-0.3, -0.25) is 14.4 Å². The summed E-state index contributed by atoms with van der Waals surface area (Å²) < 4.78 is 5.62. The lowest BCUT2D eigenvalue weighted by Crippen LogP contribution is -2.52. The zero-order valence-corrected chi connectivity index (χ0v) is 12.5. The molecule has 7 heteroatoms. The fraction of sp³-hybridized carbons (Fsp3) is 0.267. The second-order valence-corrected chi connectivity index (χ2v) is 5.17. The molecule has 0 saturated carbocycles. The normalized spacial score (nSPS) is 10.9. The van der Waals surface area contributed by atoms with Crippen LogP contribution in [0.1, 0.15) is 27.2 Å². The largest absolute Gasteiger partial charge is 0.450 e. The fourth-order valence-electron chi connectivity index (χ4n) is 2.37. The van der Waals surface area contributed by atoms with Crippen LogP contribution in [0, 0.1) is 20.8 Å². The number of aryl methyl sites for hydroxylation is 3. The van der Waals surface area contributed by atoms with Crippen LogP contribution in [0.25, 0.3) is 11.0 Å². The van der Waals surface area contributed by atoms with Gasteiger partial charge in [0.25, 0.3) is 5.91 Å². The Balaban J connectivity index is 2.47. The highest BCUT2D eigenvalue weighted by atomic mass is 16.3. The number of nitrogens with one attached hydrogen (secondary N) is 1. The molecule has 0 saturated heterocycles. The number of benzene rings is 1. The highest BCUT2D eigenvalue weighted by Crippen LogP contribution is 2.30. The third kappa shape index (κ3) is 2.52. The molecule has 22 heavy (non-hydrogen) atoms. The van der Waals surface area contributed by atoms with Crippen molar-refractivity contribution in [1.29, 1.82) is 0 Å². The number of nitrogens with two attached hydrogens (primary N) is 2. The molecule has 0 unspecified atom stereocenters. The van der Waals surface area contributed by atoms with Crippen molar-refractivity contribution in [3.05, 3.63) is 34.6 Å². The minimum Gasteiger partial charge on any atom is -0.450 e. The monoisotopic (exact) mass is 303 g/mol. The van der Waals surface area contributed by atoms with Gasteiger partial charge in [-0.2, -0.15) is 0 Å². The van der Waals surface area contributed by atoms with Gasteiger partial charge in [0.15, 0.2) is 11.8 Å². The number of carbonyl (C=O) groups is 3. The molecule has 5 N–H and O–H groups in total. The predicted molar refractivity (Wildman–Crippen MR) is 80.1 cm³/mol. The fourth-order valence-corrected chi connectivity index (χ4v) is 2.37. The van der Waals surface area contributed by atoms with E-state index in [1.165, 1.54) is 0 Å². The SMILES string of the molecule is Cc1ccc(C)c2c(C)c(C(=O)NC(C(N)=O)C(N)=O)oc12. The molecule has 0 aliphatic heterocycles. The van der Waals surface area contributed by atoms with Crippen molar-refractivity contribution < 1.29 is 18.8 Å². The quantitative estimate of drug-likeness (QED) is 0.707. The molecule has 0 aliphatic rings. The van der Waals surface area contributed by atoms with Crippen molar-refractivity contribution in [3.8, 4) is 0 Å². The molecule has 0 bridgehead atoms. The molecule has 116 valence electrons. The zero-order valence-electron chi connectivity index (χ0n) is 12.5. The molecule has 1 aromatic carbocycles. The van der Waals surface area contributed by atoms with Crippen molar-refractivity contribution in [2.24, 2.45) is 11.5 Å². The van der Waals surface area contributed by atoms with Gasteiger partial charge < -0.3 is 21.2 Å². The van der Waals surface area contributed by atoms with Crippen LogP contribution in [0.2, 0.25) is 0 Å². The lowest BCUT2D eigenvalue weighted by atomic mass is 10.0. The lowest BCUT2D eigenvalue weighted by Gasteiger charge is -2.10. The molecule has 3 amide bonds. The molecule has 0 radical (unpaired) electrons. The Bertz CT molecular complexity index is 778. The van der Waals surface area contributed by atoms with Crippen molar-refractivity contribution in [1.82, 2.24) is 5.32 Å². The number of amides is 3. The van der Waals surface area contributed by atoms with Crippen LogP contribution in [0.4, 0.5) is 0 Å². The van der Waals surface area contributed by atoms with Crippen LogP contribution >= 0.6 is 0 Å². The molecule has 2 aromatic rings. The van der Waals surface area contributed by atoms with Crippen molar-refractivity contribution >= 4 is 28.7 Å². The summed E-state index contributed by atoms with van der Waals surface area (Å²) in [4.78, 5) is 34.6. The van der Waals surface area contributed by atoms with E-state index in [0.717, 1.165) is 16.5 Å². The maximum Gasteiger partial charge on any atom is 0.288 e. The first-order valence-electron chi connectivity index (χ1n) is 6.62. The van der Waals surface area contributed by atoms with Crippen molar-refractivity contribution in [2.75, 3.05) is 0 Å². The summed E-state index contributed by atoms with van der Waals surface area (Å²) in [5.41, 5.74) is 13.1. The number of rotatable bonds is 4. The van der Waals surface area contributed by atoms with E-state index in [0.29, 0.717) is 11.1 Å². The van der Waals surface area contributed by atoms with Gasteiger partial charge in [0, 0.05) is 10.9 Å². The Morgan fingerprint density at radius 1 is 1.05 bits per heavy atom. The van der Waals surface area contributed by atoms with Crippen LogP contribution in [-0.4, -0.2) is 23.8 Å². The number of primary amides is 2. The average Bonchev–Trinajstić information content (AvgIpc) is 2.78. The molecule has 0 atom stereocenters.